The van der Waals surface area contributed by atoms with Gasteiger partial charge in [-0.2, -0.15) is 0 Å². The Morgan fingerprint density at radius 1 is 1.43 bits per heavy atom. The Morgan fingerprint density at radius 3 is 2.91 bits per heavy atom. The predicted octanol–water partition coefficient (Wildman–Crippen LogP) is 1.14. The molecule has 1 fully saturated rings. The number of hydrogen-bond acceptors (Lipinski definition) is 5. The molecule has 1 saturated heterocycles. The Morgan fingerprint density at radius 2 is 2.26 bits per heavy atom. The molecule has 0 spiro atoms. The summed E-state index contributed by atoms with van der Waals surface area (Å²) in [5, 5.41) is 14.3. The van der Waals surface area contributed by atoms with E-state index in [0.717, 1.165) is 25.0 Å². The maximum atomic E-state index is 12.7. The molecule has 0 radical (unpaired) electrons. The standard InChI is InChI=1S/C16H21N5O2/c1-12(15-8-5-9-23-15)18-16(22)14(21-11-17-19-20-21)10-13-6-3-2-4-7-13/h2-4,6-7,11-12,14-15H,5,8-10H2,1H3,(H,18,22)/t12-,14-,15+/m0/s1. The van der Waals surface area contributed by atoms with E-state index in [-0.39, 0.29) is 18.1 Å². The van der Waals surface area contributed by atoms with E-state index in [4.69, 9.17) is 4.74 Å². The molecule has 7 heteroatoms. The fraction of sp³-hybridized carbons (Fsp3) is 0.500. The van der Waals surface area contributed by atoms with Gasteiger partial charge in [0, 0.05) is 13.0 Å². The molecule has 7 nitrogen and oxygen atoms in total. The number of nitrogens with zero attached hydrogens (tertiary/aromatic N) is 4. The molecule has 0 saturated carbocycles. The van der Waals surface area contributed by atoms with E-state index in [1.54, 1.807) is 0 Å². The number of tetrazole rings is 1. The summed E-state index contributed by atoms with van der Waals surface area (Å²) >= 11 is 0. The van der Waals surface area contributed by atoms with Gasteiger partial charge in [-0.05, 0) is 35.8 Å². The van der Waals surface area contributed by atoms with Crippen molar-refractivity contribution in [2.24, 2.45) is 0 Å². The molecule has 1 aliphatic rings. The van der Waals surface area contributed by atoms with Crippen molar-refractivity contribution >= 4 is 5.91 Å². The van der Waals surface area contributed by atoms with Crippen molar-refractivity contribution in [3.8, 4) is 0 Å². The Bertz CT molecular complexity index is 611. The van der Waals surface area contributed by atoms with Crippen LogP contribution < -0.4 is 5.32 Å². The van der Waals surface area contributed by atoms with Gasteiger partial charge in [-0.3, -0.25) is 4.79 Å². The number of amides is 1. The average molecular weight is 315 g/mol. The minimum atomic E-state index is -0.476. The zero-order chi connectivity index (χ0) is 16.1. The zero-order valence-electron chi connectivity index (χ0n) is 13.1. The smallest absolute Gasteiger partial charge is 0.245 e. The molecule has 1 amide bonds. The third kappa shape index (κ3) is 3.92. The lowest BCUT2D eigenvalue weighted by Gasteiger charge is -2.23. The summed E-state index contributed by atoms with van der Waals surface area (Å²) < 4.78 is 7.15. The van der Waals surface area contributed by atoms with Crippen LogP contribution in [0.5, 0.6) is 0 Å². The van der Waals surface area contributed by atoms with Crippen LogP contribution in [-0.2, 0) is 16.0 Å². The molecule has 0 aliphatic carbocycles. The monoisotopic (exact) mass is 315 g/mol. The van der Waals surface area contributed by atoms with Crippen LogP contribution >= 0.6 is 0 Å². The SMILES string of the molecule is C[C@H](NC(=O)[C@H](Cc1ccccc1)n1cnnn1)[C@H]1CCCO1. The minimum Gasteiger partial charge on any atom is -0.376 e. The molecule has 2 heterocycles. The van der Waals surface area contributed by atoms with Crippen molar-refractivity contribution in [3.05, 3.63) is 42.2 Å². The van der Waals surface area contributed by atoms with Crippen molar-refractivity contribution in [2.45, 2.75) is 44.4 Å². The van der Waals surface area contributed by atoms with Gasteiger partial charge in [0.2, 0.25) is 5.91 Å². The normalized spacial score (nSPS) is 20.1. The summed E-state index contributed by atoms with van der Waals surface area (Å²) in [5.41, 5.74) is 1.06. The number of aromatic nitrogens is 4. The highest BCUT2D eigenvalue weighted by Crippen LogP contribution is 2.18. The Hall–Kier alpha value is -2.28. The van der Waals surface area contributed by atoms with Crippen LogP contribution in [0.2, 0.25) is 0 Å². The fourth-order valence-electron chi connectivity index (χ4n) is 2.87. The van der Waals surface area contributed by atoms with Crippen LogP contribution in [0.15, 0.2) is 36.7 Å². The van der Waals surface area contributed by atoms with Crippen molar-refractivity contribution < 1.29 is 9.53 Å². The molecule has 3 atom stereocenters. The topological polar surface area (TPSA) is 81.9 Å². The lowest BCUT2D eigenvalue weighted by Crippen LogP contribution is -2.44. The molecular weight excluding hydrogens is 294 g/mol. The van der Waals surface area contributed by atoms with Crippen LogP contribution in [0.3, 0.4) is 0 Å². The zero-order valence-corrected chi connectivity index (χ0v) is 13.1. The van der Waals surface area contributed by atoms with E-state index in [0.29, 0.717) is 6.42 Å². The van der Waals surface area contributed by atoms with E-state index in [9.17, 15) is 4.79 Å². The van der Waals surface area contributed by atoms with Gasteiger partial charge in [-0.25, -0.2) is 4.68 Å². The first-order valence-corrected chi connectivity index (χ1v) is 7.92. The first kappa shape index (κ1) is 15.6. The Labute approximate surface area is 135 Å². The molecule has 1 aromatic heterocycles. The van der Waals surface area contributed by atoms with Gasteiger partial charge in [0.1, 0.15) is 12.4 Å². The van der Waals surface area contributed by atoms with Gasteiger partial charge >= 0.3 is 0 Å². The molecule has 122 valence electrons. The lowest BCUT2D eigenvalue weighted by molar-refractivity contribution is -0.126. The predicted molar refractivity (Wildman–Crippen MR) is 83.6 cm³/mol. The molecule has 1 aliphatic heterocycles. The average Bonchev–Trinajstić information content (AvgIpc) is 3.26. The van der Waals surface area contributed by atoms with Gasteiger partial charge in [-0.15, -0.1) is 5.10 Å². The highest BCUT2D eigenvalue weighted by Gasteiger charge is 2.28. The Balaban J connectivity index is 1.71. The number of nitrogens with one attached hydrogen (secondary N) is 1. The highest BCUT2D eigenvalue weighted by molar-refractivity contribution is 5.80. The van der Waals surface area contributed by atoms with E-state index >= 15 is 0 Å². The van der Waals surface area contributed by atoms with Crippen LogP contribution in [-0.4, -0.2) is 44.9 Å². The molecule has 0 bridgehead atoms. The molecular formula is C16H21N5O2. The van der Waals surface area contributed by atoms with Crippen molar-refractivity contribution in [2.75, 3.05) is 6.61 Å². The van der Waals surface area contributed by atoms with Gasteiger partial charge in [0.15, 0.2) is 0 Å². The molecule has 1 aromatic carbocycles. The largest absolute Gasteiger partial charge is 0.376 e. The highest BCUT2D eigenvalue weighted by atomic mass is 16.5. The molecule has 1 N–H and O–H groups in total. The molecule has 2 aromatic rings. The van der Waals surface area contributed by atoms with Crippen LogP contribution in [0.25, 0.3) is 0 Å². The third-order valence-electron chi connectivity index (χ3n) is 4.15. The van der Waals surface area contributed by atoms with Crippen molar-refractivity contribution in [1.82, 2.24) is 25.5 Å². The summed E-state index contributed by atoms with van der Waals surface area (Å²) in [6, 6.07) is 9.35. The summed E-state index contributed by atoms with van der Waals surface area (Å²) in [5.74, 6) is -0.0934. The van der Waals surface area contributed by atoms with Gasteiger partial charge in [-0.1, -0.05) is 30.3 Å². The Kier molecular flexibility index (Phi) is 4.97. The van der Waals surface area contributed by atoms with Crippen LogP contribution in [0, 0.1) is 0 Å². The molecule has 0 unspecified atom stereocenters. The fourth-order valence-corrected chi connectivity index (χ4v) is 2.87. The maximum Gasteiger partial charge on any atom is 0.245 e. The summed E-state index contributed by atoms with van der Waals surface area (Å²) in [4.78, 5) is 12.7. The number of rotatable bonds is 6. The number of carbonyl (C=O) groups is 1. The summed E-state index contributed by atoms with van der Waals surface area (Å²) in [6.07, 6.45) is 4.13. The van der Waals surface area contributed by atoms with E-state index in [1.165, 1.54) is 11.0 Å². The van der Waals surface area contributed by atoms with E-state index < -0.39 is 6.04 Å². The third-order valence-corrected chi connectivity index (χ3v) is 4.15. The number of benzene rings is 1. The van der Waals surface area contributed by atoms with Crippen LogP contribution in [0.1, 0.15) is 31.4 Å². The number of carbonyl (C=O) groups excluding carboxylic acids is 1. The van der Waals surface area contributed by atoms with Crippen LogP contribution in [0.4, 0.5) is 0 Å². The second kappa shape index (κ2) is 7.32. The van der Waals surface area contributed by atoms with E-state index in [2.05, 4.69) is 20.8 Å². The summed E-state index contributed by atoms with van der Waals surface area (Å²) in [7, 11) is 0. The summed E-state index contributed by atoms with van der Waals surface area (Å²) in [6.45, 7) is 2.75. The van der Waals surface area contributed by atoms with Crippen molar-refractivity contribution in [3.63, 3.8) is 0 Å². The number of ether oxygens (including phenoxy) is 1. The lowest BCUT2D eigenvalue weighted by atomic mass is 10.0. The quantitative estimate of drug-likeness (QED) is 0.864. The van der Waals surface area contributed by atoms with Gasteiger partial charge < -0.3 is 10.1 Å². The van der Waals surface area contributed by atoms with E-state index in [1.807, 2.05) is 37.3 Å². The second-order valence-corrected chi connectivity index (χ2v) is 5.84. The molecule has 3 rings (SSSR count). The first-order valence-electron chi connectivity index (χ1n) is 7.92. The maximum absolute atomic E-state index is 12.7. The first-order chi connectivity index (χ1) is 11.2. The number of hydrogen-bond donors (Lipinski definition) is 1. The minimum absolute atomic E-state index is 0.0280. The molecule has 23 heavy (non-hydrogen) atoms. The van der Waals surface area contributed by atoms with Crippen molar-refractivity contribution in [1.29, 1.82) is 0 Å². The van der Waals surface area contributed by atoms with Gasteiger partial charge in [0.05, 0.1) is 12.1 Å². The van der Waals surface area contributed by atoms with Gasteiger partial charge in [0.25, 0.3) is 0 Å². The second-order valence-electron chi connectivity index (χ2n) is 5.84.